The third kappa shape index (κ3) is 3.52. The highest BCUT2D eigenvalue weighted by molar-refractivity contribution is 5.94. The van der Waals surface area contributed by atoms with Gasteiger partial charge < -0.3 is 9.47 Å². The summed E-state index contributed by atoms with van der Waals surface area (Å²) in [7, 11) is 1.53. The lowest BCUT2D eigenvalue weighted by Crippen LogP contribution is -2.29. The smallest absolute Gasteiger partial charge is 0.265 e. The molecule has 5 heteroatoms. The summed E-state index contributed by atoms with van der Waals surface area (Å²) < 4.78 is 11.0. The highest BCUT2D eigenvalue weighted by Crippen LogP contribution is 2.29. The molecular formula is C16H18N2O3. The Morgan fingerprint density at radius 2 is 1.95 bits per heavy atom. The van der Waals surface area contributed by atoms with Gasteiger partial charge in [-0.1, -0.05) is 24.3 Å². The Labute approximate surface area is 123 Å². The second-order valence-corrected chi connectivity index (χ2v) is 4.55. The monoisotopic (exact) mass is 286 g/mol. The number of hydrogen-bond donors (Lipinski definition) is 2. The standard InChI is InChI=1S/C16H18N2O3/c1-11-5-3-4-6-13(11)10-21-14-8-7-12(16(19)18-17)9-15(14)20-2/h3-9H,10,17H2,1-2H3,(H,18,19). The van der Waals surface area contributed by atoms with Gasteiger partial charge in [-0.05, 0) is 36.2 Å². The van der Waals surface area contributed by atoms with Crippen LogP contribution in [-0.2, 0) is 6.61 Å². The van der Waals surface area contributed by atoms with E-state index in [1.807, 2.05) is 31.2 Å². The lowest BCUT2D eigenvalue weighted by molar-refractivity contribution is 0.0953. The molecule has 0 fully saturated rings. The Morgan fingerprint density at radius 3 is 2.62 bits per heavy atom. The van der Waals surface area contributed by atoms with Crippen molar-refractivity contribution in [2.75, 3.05) is 7.11 Å². The predicted octanol–water partition coefficient (Wildman–Crippen LogP) is 2.19. The van der Waals surface area contributed by atoms with Crippen LogP contribution in [0.25, 0.3) is 0 Å². The van der Waals surface area contributed by atoms with Crippen LogP contribution in [0.1, 0.15) is 21.5 Å². The minimum atomic E-state index is -0.376. The minimum absolute atomic E-state index is 0.376. The van der Waals surface area contributed by atoms with E-state index in [0.29, 0.717) is 23.7 Å². The average Bonchev–Trinajstić information content (AvgIpc) is 2.53. The minimum Gasteiger partial charge on any atom is -0.493 e. The number of nitrogens with one attached hydrogen (secondary N) is 1. The Kier molecular flexibility index (Phi) is 4.79. The molecule has 3 N–H and O–H groups in total. The number of carbonyl (C=O) groups is 1. The van der Waals surface area contributed by atoms with Gasteiger partial charge in [0.05, 0.1) is 7.11 Å². The van der Waals surface area contributed by atoms with Crippen molar-refractivity contribution in [1.82, 2.24) is 5.43 Å². The fraction of sp³-hybridized carbons (Fsp3) is 0.188. The summed E-state index contributed by atoms with van der Waals surface area (Å²) in [5.74, 6) is 5.81. The van der Waals surface area contributed by atoms with Crippen molar-refractivity contribution in [3.05, 3.63) is 59.2 Å². The molecule has 21 heavy (non-hydrogen) atoms. The second-order valence-electron chi connectivity index (χ2n) is 4.55. The SMILES string of the molecule is COc1cc(C(=O)NN)ccc1OCc1ccccc1C. The van der Waals surface area contributed by atoms with Crippen molar-refractivity contribution in [3.8, 4) is 11.5 Å². The molecule has 0 unspecified atom stereocenters. The van der Waals surface area contributed by atoms with Gasteiger partial charge in [0, 0.05) is 5.56 Å². The van der Waals surface area contributed by atoms with E-state index < -0.39 is 0 Å². The van der Waals surface area contributed by atoms with Crippen LogP contribution in [-0.4, -0.2) is 13.0 Å². The van der Waals surface area contributed by atoms with E-state index in [0.717, 1.165) is 11.1 Å². The van der Waals surface area contributed by atoms with Crippen LogP contribution in [0.3, 0.4) is 0 Å². The van der Waals surface area contributed by atoms with Gasteiger partial charge in [-0.2, -0.15) is 0 Å². The fourth-order valence-electron chi connectivity index (χ4n) is 1.94. The number of ether oxygens (including phenoxy) is 2. The Bertz CT molecular complexity index is 641. The van der Waals surface area contributed by atoms with E-state index in [4.69, 9.17) is 15.3 Å². The lowest BCUT2D eigenvalue weighted by atomic mass is 10.1. The highest BCUT2D eigenvalue weighted by atomic mass is 16.5. The van der Waals surface area contributed by atoms with Crippen molar-refractivity contribution < 1.29 is 14.3 Å². The first kappa shape index (κ1) is 14.9. The van der Waals surface area contributed by atoms with E-state index in [1.165, 1.54) is 7.11 Å². The zero-order valence-electron chi connectivity index (χ0n) is 12.1. The summed E-state index contributed by atoms with van der Waals surface area (Å²) in [4.78, 5) is 11.5. The third-order valence-corrected chi connectivity index (χ3v) is 3.20. The predicted molar refractivity (Wildman–Crippen MR) is 80.2 cm³/mol. The van der Waals surface area contributed by atoms with Gasteiger partial charge in [-0.3, -0.25) is 10.2 Å². The highest BCUT2D eigenvalue weighted by Gasteiger charge is 2.10. The summed E-state index contributed by atoms with van der Waals surface area (Å²) >= 11 is 0. The quantitative estimate of drug-likeness (QED) is 0.502. The van der Waals surface area contributed by atoms with Gasteiger partial charge in [0.25, 0.3) is 5.91 Å². The van der Waals surface area contributed by atoms with E-state index >= 15 is 0 Å². The molecule has 2 aromatic rings. The molecule has 0 aliphatic heterocycles. The molecule has 110 valence electrons. The number of aryl methyl sites for hydroxylation is 1. The number of amides is 1. The number of rotatable bonds is 5. The molecule has 0 aliphatic rings. The first-order valence-electron chi connectivity index (χ1n) is 6.52. The number of hydrazine groups is 1. The summed E-state index contributed by atoms with van der Waals surface area (Å²) in [6.07, 6.45) is 0. The Morgan fingerprint density at radius 1 is 1.19 bits per heavy atom. The topological polar surface area (TPSA) is 73.6 Å². The van der Waals surface area contributed by atoms with Gasteiger partial charge in [0.2, 0.25) is 0 Å². The third-order valence-electron chi connectivity index (χ3n) is 3.20. The van der Waals surface area contributed by atoms with Gasteiger partial charge in [-0.25, -0.2) is 5.84 Å². The molecule has 2 rings (SSSR count). The van der Waals surface area contributed by atoms with Crippen molar-refractivity contribution in [2.24, 2.45) is 5.84 Å². The van der Waals surface area contributed by atoms with E-state index in [1.54, 1.807) is 18.2 Å². The van der Waals surface area contributed by atoms with Crippen LogP contribution in [0.15, 0.2) is 42.5 Å². The second kappa shape index (κ2) is 6.76. The molecule has 0 aliphatic carbocycles. The maximum atomic E-state index is 11.5. The van der Waals surface area contributed by atoms with Gasteiger partial charge in [-0.15, -0.1) is 0 Å². The van der Waals surface area contributed by atoms with Crippen molar-refractivity contribution in [3.63, 3.8) is 0 Å². The fourth-order valence-corrected chi connectivity index (χ4v) is 1.94. The lowest BCUT2D eigenvalue weighted by Gasteiger charge is -2.13. The van der Waals surface area contributed by atoms with Gasteiger partial charge >= 0.3 is 0 Å². The maximum Gasteiger partial charge on any atom is 0.265 e. The van der Waals surface area contributed by atoms with Crippen molar-refractivity contribution >= 4 is 5.91 Å². The van der Waals surface area contributed by atoms with Crippen molar-refractivity contribution in [2.45, 2.75) is 13.5 Å². The first-order chi connectivity index (χ1) is 10.2. The molecule has 0 spiro atoms. The molecule has 0 radical (unpaired) electrons. The van der Waals surface area contributed by atoms with Crippen LogP contribution in [0, 0.1) is 6.92 Å². The molecule has 2 aromatic carbocycles. The molecule has 5 nitrogen and oxygen atoms in total. The van der Waals surface area contributed by atoms with Gasteiger partial charge in [0.15, 0.2) is 11.5 Å². The van der Waals surface area contributed by atoms with Gasteiger partial charge in [0.1, 0.15) is 6.61 Å². The normalized spacial score (nSPS) is 10.0. The van der Waals surface area contributed by atoms with Crippen LogP contribution in [0.5, 0.6) is 11.5 Å². The van der Waals surface area contributed by atoms with E-state index in [2.05, 4.69) is 5.43 Å². The van der Waals surface area contributed by atoms with E-state index in [-0.39, 0.29) is 5.91 Å². The average molecular weight is 286 g/mol. The molecule has 0 heterocycles. The summed E-state index contributed by atoms with van der Waals surface area (Å²) in [5.41, 5.74) is 4.76. The Balaban J connectivity index is 2.17. The zero-order chi connectivity index (χ0) is 15.2. The molecule has 0 bridgehead atoms. The molecule has 0 saturated heterocycles. The molecular weight excluding hydrogens is 268 g/mol. The Hall–Kier alpha value is -2.53. The van der Waals surface area contributed by atoms with Crippen molar-refractivity contribution in [1.29, 1.82) is 0 Å². The molecule has 1 amide bonds. The zero-order valence-corrected chi connectivity index (χ0v) is 12.1. The number of benzene rings is 2. The number of methoxy groups -OCH3 is 1. The number of nitrogens with two attached hydrogens (primary N) is 1. The molecule has 0 saturated carbocycles. The maximum absolute atomic E-state index is 11.5. The largest absolute Gasteiger partial charge is 0.493 e. The number of hydrogen-bond acceptors (Lipinski definition) is 4. The van der Waals surface area contributed by atoms with Crippen LogP contribution < -0.4 is 20.7 Å². The first-order valence-corrected chi connectivity index (χ1v) is 6.52. The molecule has 0 atom stereocenters. The van der Waals surface area contributed by atoms with Crippen LogP contribution >= 0.6 is 0 Å². The van der Waals surface area contributed by atoms with E-state index in [9.17, 15) is 4.79 Å². The summed E-state index contributed by atoms with van der Waals surface area (Å²) in [6, 6.07) is 12.9. The molecule has 0 aromatic heterocycles. The van der Waals surface area contributed by atoms with Crippen LogP contribution in [0.4, 0.5) is 0 Å². The number of carbonyl (C=O) groups excluding carboxylic acids is 1. The summed E-state index contributed by atoms with van der Waals surface area (Å²) in [6.45, 7) is 2.47. The number of nitrogen functional groups attached to an aromatic ring is 1. The van der Waals surface area contributed by atoms with Crippen LogP contribution in [0.2, 0.25) is 0 Å². The summed E-state index contributed by atoms with van der Waals surface area (Å²) in [5, 5.41) is 0.